The number of benzene rings is 1. The number of rotatable bonds is 11. The molecule has 0 N–H and O–H groups in total. The molecule has 1 aliphatic rings. The lowest BCUT2D eigenvalue weighted by Crippen LogP contribution is -2.14. The third kappa shape index (κ3) is 7.45. The van der Waals surface area contributed by atoms with Crippen molar-refractivity contribution < 1.29 is 4.74 Å². The van der Waals surface area contributed by atoms with Crippen LogP contribution < -0.4 is 0 Å². The minimum atomic E-state index is 0.691. The molecule has 0 saturated heterocycles. The van der Waals surface area contributed by atoms with E-state index in [4.69, 9.17) is 10.00 Å². The van der Waals surface area contributed by atoms with Crippen molar-refractivity contribution in [3.63, 3.8) is 0 Å². The van der Waals surface area contributed by atoms with E-state index in [2.05, 4.69) is 24.8 Å². The molecule has 0 aromatic heterocycles. The third-order valence-electron chi connectivity index (χ3n) is 5.46. The molecule has 0 spiro atoms. The molecule has 1 aliphatic carbocycles. The summed E-state index contributed by atoms with van der Waals surface area (Å²) in [6, 6.07) is 10.4. The minimum absolute atomic E-state index is 0.691. The summed E-state index contributed by atoms with van der Waals surface area (Å²) >= 11 is 0. The molecule has 0 atom stereocenters. The summed E-state index contributed by atoms with van der Waals surface area (Å²) < 4.78 is 5.77. The zero-order chi connectivity index (χ0) is 17.7. The Labute approximate surface area is 153 Å². The number of ether oxygens (including phenoxy) is 1. The molecule has 0 radical (unpaired) electrons. The van der Waals surface area contributed by atoms with E-state index >= 15 is 0 Å². The predicted molar refractivity (Wildman–Crippen MR) is 105 cm³/mol. The van der Waals surface area contributed by atoms with Crippen molar-refractivity contribution in [2.75, 3.05) is 13.2 Å². The second-order valence-electron chi connectivity index (χ2n) is 7.34. The lowest BCUT2D eigenvalue weighted by molar-refractivity contribution is 0.120. The van der Waals surface area contributed by atoms with Gasteiger partial charge in [-0.25, -0.2) is 0 Å². The number of hydrogen-bond acceptors (Lipinski definition) is 2. The first-order valence-electron chi connectivity index (χ1n) is 10.0. The summed E-state index contributed by atoms with van der Waals surface area (Å²) in [4.78, 5) is 0. The van der Waals surface area contributed by atoms with E-state index in [0.29, 0.717) is 5.92 Å². The molecule has 1 saturated carbocycles. The van der Waals surface area contributed by atoms with Gasteiger partial charge in [0.15, 0.2) is 0 Å². The van der Waals surface area contributed by atoms with E-state index in [1.807, 2.05) is 18.2 Å². The molecule has 136 valence electrons. The maximum atomic E-state index is 8.89. The zero-order valence-electron chi connectivity index (χ0n) is 15.6. The van der Waals surface area contributed by atoms with E-state index in [0.717, 1.165) is 31.1 Å². The zero-order valence-corrected chi connectivity index (χ0v) is 15.6. The van der Waals surface area contributed by atoms with Crippen molar-refractivity contribution >= 4 is 0 Å². The van der Waals surface area contributed by atoms with E-state index in [-0.39, 0.29) is 0 Å². The molecule has 0 bridgehead atoms. The van der Waals surface area contributed by atoms with Gasteiger partial charge in [0.25, 0.3) is 0 Å². The molecule has 0 amide bonds. The fourth-order valence-corrected chi connectivity index (χ4v) is 3.86. The van der Waals surface area contributed by atoms with Crippen LogP contribution >= 0.6 is 0 Å². The number of nitrogens with zero attached hydrogens (tertiary/aromatic N) is 1. The number of nitriles is 1. The molecular weight excluding hydrogens is 306 g/mol. The van der Waals surface area contributed by atoms with Gasteiger partial charge in [0, 0.05) is 13.2 Å². The fraction of sp³-hybridized carbons (Fsp3) is 0.609. The average Bonchev–Trinajstić information content (AvgIpc) is 2.67. The Hall–Kier alpha value is -1.59. The van der Waals surface area contributed by atoms with E-state index in [1.54, 1.807) is 0 Å². The van der Waals surface area contributed by atoms with Crippen molar-refractivity contribution in [3.05, 3.63) is 48.0 Å². The number of allylic oxidation sites excluding steroid dienone is 1. The van der Waals surface area contributed by atoms with E-state index in [9.17, 15) is 0 Å². The lowest BCUT2D eigenvalue weighted by Gasteiger charge is -2.28. The van der Waals surface area contributed by atoms with Crippen LogP contribution in [-0.4, -0.2) is 13.2 Å². The lowest BCUT2D eigenvalue weighted by atomic mass is 9.77. The van der Waals surface area contributed by atoms with Crippen molar-refractivity contribution in [1.82, 2.24) is 0 Å². The van der Waals surface area contributed by atoms with Crippen LogP contribution in [0.5, 0.6) is 0 Å². The summed E-state index contributed by atoms with van der Waals surface area (Å²) in [5.41, 5.74) is 2.18. The highest BCUT2D eigenvalue weighted by molar-refractivity contribution is 5.33. The van der Waals surface area contributed by atoms with Crippen LogP contribution in [0.2, 0.25) is 0 Å². The molecule has 2 rings (SSSR count). The van der Waals surface area contributed by atoms with Crippen molar-refractivity contribution in [3.8, 4) is 6.07 Å². The first kappa shape index (κ1) is 19.7. The third-order valence-corrected chi connectivity index (χ3v) is 5.46. The molecule has 1 aromatic rings. The van der Waals surface area contributed by atoms with Gasteiger partial charge in [0.2, 0.25) is 0 Å². The first-order valence-corrected chi connectivity index (χ1v) is 10.0. The van der Waals surface area contributed by atoms with Crippen LogP contribution in [0.15, 0.2) is 36.9 Å². The Kier molecular flexibility index (Phi) is 9.37. The van der Waals surface area contributed by atoms with Gasteiger partial charge in [0.1, 0.15) is 0 Å². The maximum Gasteiger partial charge on any atom is 0.0991 e. The van der Waals surface area contributed by atoms with Crippen molar-refractivity contribution in [2.24, 2.45) is 5.92 Å². The Balaban J connectivity index is 1.52. The standard InChI is InChI=1S/C23H33NO/c1-2-3-4-5-6-17-25-18-7-8-20-9-13-22(14-10-20)23-15-11-21(19-24)12-16-23/h2,11-12,15-16,20,22H,1,3-10,13-14,17-18H2/t20-,22-. The Morgan fingerprint density at radius 2 is 1.72 bits per heavy atom. The van der Waals surface area contributed by atoms with Gasteiger partial charge in [-0.1, -0.05) is 24.6 Å². The molecule has 0 aliphatic heterocycles. The normalized spacial score (nSPS) is 20.1. The smallest absolute Gasteiger partial charge is 0.0991 e. The summed E-state index contributed by atoms with van der Waals surface area (Å²) in [5, 5.41) is 8.89. The topological polar surface area (TPSA) is 33.0 Å². The summed E-state index contributed by atoms with van der Waals surface area (Å²) in [6.45, 7) is 5.60. The second-order valence-corrected chi connectivity index (χ2v) is 7.34. The van der Waals surface area contributed by atoms with Gasteiger partial charge in [0.05, 0.1) is 11.6 Å². The first-order chi connectivity index (χ1) is 12.3. The van der Waals surface area contributed by atoms with Gasteiger partial charge >= 0.3 is 0 Å². The molecule has 25 heavy (non-hydrogen) atoms. The average molecular weight is 340 g/mol. The quantitative estimate of drug-likeness (QED) is 0.346. The monoisotopic (exact) mass is 339 g/mol. The largest absolute Gasteiger partial charge is 0.381 e. The highest BCUT2D eigenvalue weighted by Gasteiger charge is 2.21. The predicted octanol–water partition coefficient (Wildman–Crippen LogP) is 6.38. The van der Waals surface area contributed by atoms with Crippen molar-refractivity contribution in [1.29, 1.82) is 5.26 Å². The van der Waals surface area contributed by atoms with Gasteiger partial charge < -0.3 is 4.74 Å². The van der Waals surface area contributed by atoms with Gasteiger partial charge in [-0.15, -0.1) is 6.58 Å². The second kappa shape index (κ2) is 11.9. The Bertz CT molecular complexity index is 520. The minimum Gasteiger partial charge on any atom is -0.381 e. The maximum absolute atomic E-state index is 8.89. The molecule has 1 aromatic carbocycles. The molecule has 2 heteroatoms. The molecule has 0 unspecified atom stereocenters. The van der Waals surface area contributed by atoms with E-state index < -0.39 is 0 Å². The molecule has 1 fully saturated rings. The van der Waals surface area contributed by atoms with Crippen LogP contribution in [0.25, 0.3) is 0 Å². The fourth-order valence-electron chi connectivity index (χ4n) is 3.86. The summed E-state index contributed by atoms with van der Waals surface area (Å²) in [7, 11) is 0. The van der Waals surface area contributed by atoms with Crippen LogP contribution in [0.1, 0.15) is 81.3 Å². The SMILES string of the molecule is C=CCCCCCOCCC[C@H]1CC[C@H](c2ccc(C#N)cc2)CC1. The van der Waals surface area contributed by atoms with Crippen LogP contribution in [0, 0.1) is 17.2 Å². The van der Waals surface area contributed by atoms with Crippen LogP contribution in [0.3, 0.4) is 0 Å². The molecule has 0 heterocycles. The highest BCUT2D eigenvalue weighted by atomic mass is 16.5. The van der Waals surface area contributed by atoms with Gasteiger partial charge in [-0.2, -0.15) is 5.26 Å². The van der Waals surface area contributed by atoms with Gasteiger partial charge in [-0.3, -0.25) is 0 Å². The summed E-state index contributed by atoms with van der Waals surface area (Å²) in [6.07, 6.45) is 14.6. The van der Waals surface area contributed by atoms with Gasteiger partial charge in [-0.05, 0) is 87.3 Å². The molecular formula is C23H33NO. The van der Waals surface area contributed by atoms with E-state index in [1.165, 1.54) is 63.4 Å². The molecule has 2 nitrogen and oxygen atoms in total. The summed E-state index contributed by atoms with van der Waals surface area (Å²) in [5.74, 6) is 1.57. The Morgan fingerprint density at radius 3 is 2.40 bits per heavy atom. The highest BCUT2D eigenvalue weighted by Crippen LogP contribution is 2.37. The van der Waals surface area contributed by atoms with Crippen LogP contribution in [0.4, 0.5) is 0 Å². The van der Waals surface area contributed by atoms with Crippen molar-refractivity contribution in [2.45, 2.75) is 70.1 Å². The Morgan fingerprint density at radius 1 is 1.00 bits per heavy atom. The number of hydrogen-bond donors (Lipinski definition) is 0. The van der Waals surface area contributed by atoms with Crippen LogP contribution in [-0.2, 0) is 4.74 Å². The number of unbranched alkanes of at least 4 members (excludes halogenated alkanes) is 3.